The molecule has 1 heterocycles. The van der Waals surface area contributed by atoms with Crippen molar-refractivity contribution in [1.82, 2.24) is 9.80 Å². The third-order valence-electron chi connectivity index (χ3n) is 4.47. The number of likely N-dealkylation sites (N-methyl/N-ethyl adjacent to an activating group) is 1. The molecular formula is C16H27N3. The van der Waals surface area contributed by atoms with E-state index in [2.05, 4.69) is 43.0 Å². The average molecular weight is 261 g/mol. The normalized spacial score (nSPS) is 19.8. The Balaban J connectivity index is 1.88. The highest BCUT2D eigenvalue weighted by Crippen LogP contribution is 2.18. The third-order valence-corrected chi connectivity index (χ3v) is 4.47. The first-order valence-corrected chi connectivity index (χ1v) is 7.31. The summed E-state index contributed by atoms with van der Waals surface area (Å²) in [6.45, 7) is 4.78. The van der Waals surface area contributed by atoms with E-state index in [0.717, 1.165) is 18.2 Å². The number of anilines is 1. The van der Waals surface area contributed by atoms with E-state index in [1.807, 2.05) is 12.1 Å². The van der Waals surface area contributed by atoms with Gasteiger partial charge in [0.05, 0.1) is 0 Å². The maximum absolute atomic E-state index is 5.73. The Kier molecular flexibility index (Phi) is 4.83. The zero-order valence-electron chi connectivity index (χ0n) is 12.5. The van der Waals surface area contributed by atoms with Crippen LogP contribution in [0.1, 0.15) is 25.3 Å². The second-order valence-electron chi connectivity index (χ2n) is 5.99. The lowest BCUT2D eigenvalue weighted by Gasteiger charge is -2.38. The van der Waals surface area contributed by atoms with Crippen molar-refractivity contribution < 1.29 is 0 Å². The minimum Gasteiger partial charge on any atom is -0.399 e. The van der Waals surface area contributed by atoms with Crippen LogP contribution in [0.2, 0.25) is 0 Å². The summed E-state index contributed by atoms with van der Waals surface area (Å²) in [5.41, 5.74) is 7.96. The van der Waals surface area contributed by atoms with Crippen LogP contribution < -0.4 is 5.73 Å². The largest absolute Gasteiger partial charge is 0.399 e. The van der Waals surface area contributed by atoms with E-state index < -0.39 is 0 Å². The van der Waals surface area contributed by atoms with Crippen LogP contribution in [0.3, 0.4) is 0 Å². The van der Waals surface area contributed by atoms with Gasteiger partial charge >= 0.3 is 0 Å². The molecular weight excluding hydrogens is 234 g/mol. The van der Waals surface area contributed by atoms with Crippen LogP contribution >= 0.6 is 0 Å². The number of likely N-dealkylation sites (tertiary alicyclic amines) is 1. The fraction of sp³-hybridized carbons (Fsp3) is 0.625. The van der Waals surface area contributed by atoms with Gasteiger partial charge in [0, 0.05) is 17.8 Å². The van der Waals surface area contributed by atoms with Gasteiger partial charge in [0.1, 0.15) is 0 Å². The highest BCUT2D eigenvalue weighted by Gasteiger charge is 2.23. The minimum atomic E-state index is 0.581. The Labute approximate surface area is 117 Å². The van der Waals surface area contributed by atoms with E-state index in [0.29, 0.717) is 6.04 Å². The molecule has 1 saturated heterocycles. The summed E-state index contributed by atoms with van der Waals surface area (Å²) in [5, 5.41) is 0. The summed E-state index contributed by atoms with van der Waals surface area (Å²) in [4.78, 5) is 4.98. The molecule has 0 bridgehead atoms. The van der Waals surface area contributed by atoms with Crippen LogP contribution in [0.15, 0.2) is 24.3 Å². The molecule has 1 aliphatic heterocycles. The van der Waals surface area contributed by atoms with E-state index in [1.165, 1.54) is 31.5 Å². The van der Waals surface area contributed by atoms with Gasteiger partial charge in [0.25, 0.3) is 0 Å². The van der Waals surface area contributed by atoms with Gasteiger partial charge in [-0.2, -0.15) is 0 Å². The summed E-state index contributed by atoms with van der Waals surface area (Å²) in [6.07, 6.45) is 3.68. The fourth-order valence-electron chi connectivity index (χ4n) is 2.90. The average Bonchev–Trinajstić information content (AvgIpc) is 2.41. The van der Waals surface area contributed by atoms with Crippen LogP contribution in [0.5, 0.6) is 0 Å². The number of nitrogens with zero attached hydrogens (tertiary/aromatic N) is 2. The standard InChI is InChI=1S/C16H27N3/c1-13(12-14-4-6-15(17)7-5-14)19(3)16-8-10-18(2)11-9-16/h4-7,13,16H,8-12,17H2,1-3H3. The van der Waals surface area contributed by atoms with Gasteiger partial charge in [-0.05, 0) is 71.1 Å². The van der Waals surface area contributed by atoms with E-state index in [9.17, 15) is 0 Å². The Hall–Kier alpha value is -1.06. The second-order valence-corrected chi connectivity index (χ2v) is 5.99. The van der Waals surface area contributed by atoms with E-state index in [1.54, 1.807) is 0 Å². The van der Waals surface area contributed by atoms with Crippen LogP contribution in [0, 0.1) is 0 Å². The monoisotopic (exact) mass is 261 g/mol. The molecule has 106 valence electrons. The van der Waals surface area contributed by atoms with Crippen molar-refractivity contribution >= 4 is 5.69 Å². The molecule has 1 aliphatic rings. The zero-order valence-corrected chi connectivity index (χ0v) is 12.5. The Morgan fingerprint density at radius 2 is 1.84 bits per heavy atom. The molecule has 0 spiro atoms. The molecule has 0 radical (unpaired) electrons. The Bertz CT molecular complexity index is 379. The number of hydrogen-bond acceptors (Lipinski definition) is 3. The minimum absolute atomic E-state index is 0.581. The van der Waals surface area contributed by atoms with Gasteiger partial charge in [-0.1, -0.05) is 12.1 Å². The Morgan fingerprint density at radius 1 is 1.26 bits per heavy atom. The third kappa shape index (κ3) is 3.95. The van der Waals surface area contributed by atoms with E-state index in [-0.39, 0.29) is 0 Å². The van der Waals surface area contributed by atoms with Gasteiger partial charge in [0.15, 0.2) is 0 Å². The van der Waals surface area contributed by atoms with Gasteiger partial charge in [-0.3, -0.25) is 0 Å². The highest BCUT2D eigenvalue weighted by molar-refractivity contribution is 5.39. The molecule has 1 unspecified atom stereocenters. The van der Waals surface area contributed by atoms with E-state index in [4.69, 9.17) is 5.73 Å². The Morgan fingerprint density at radius 3 is 2.42 bits per heavy atom. The topological polar surface area (TPSA) is 32.5 Å². The van der Waals surface area contributed by atoms with Gasteiger partial charge < -0.3 is 15.5 Å². The number of hydrogen-bond donors (Lipinski definition) is 1. The number of benzene rings is 1. The first kappa shape index (κ1) is 14.4. The van der Waals surface area contributed by atoms with Crippen molar-refractivity contribution in [1.29, 1.82) is 0 Å². The molecule has 0 amide bonds. The molecule has 3 heteroatoms. The fourth-order valence-corrected chi connectivity index (χ4v) is 2.90. The SMILES string of the molecule is CC(Cc1ccc(N)cc1)N(C)C1CCN(C)CC1. The van der Waals surface area contributed by atoms with Crippen molar-refractivity contribution in [3.63, 3.8) is 0 Å². The molecule has 2 N–H and O–H groups in total. The smallest absolute Gasteiger partial charge is 0.0314 e. The van der Waals surface area contributed by atoms with E-state index >= 15 is 0 Å². The number of rotatable bonds is 4. The summed E-state index contributed by atoms with van der Waals surface area (Å²) < 4.78 is 0. The molecule has 1 fully saturated rings. The second kappa shape index (κ2) is 6.40. The molecule has 0 aromatic heterocycles. The lowest BCUT2D eigenvalue weighted by atomic mass is 9.99. The predicted octanol–water partition coefficient (Wildman–Crippen LogP) is 2.23. The number of nitrogen functional groups attached to an aromatic ring is 1. The van der Waals surface area contributed by atoms with Crippen molar-refractivity contribution in [3.8, 4) is 0 Å². The molecule has 0 aliphatic carbocycles. The molecule has 1 atom stereocenters. The first-order chi connectivity index (χ1) is 9.06. The highest BCUT2D eigenvalue weighted by atomic mass is 15.2. The predicted molar refractivity (Wildman–Crippen MR) is 82.3 cm³/mol. The van der Waals surface area contributed by atoms with Crippen molar-refractivity contribution in [2.45, 2.75) is 38.3 Å². The molecule has 19 heavy (non-hydrogen) atoms. The van der Waals surface area contributed by atoms with Crippen LogP contribution in [-0.2, 0) is 6.42 Å². The molecule has 0 saturated carbocycles. The molecule has 1 aromatic carbocycles. The lowest BCUT2D eigenvalue weighted by Crippen LogP contribution is -2.46. The first-order valence-electron chi connectivity index (χ1n) is 7.31. The number of piperidine rings is 1. The molecule has 1 aromatic rings. The van der Waals surface area contributed by atoms with Crippen LogP contribution in [0.25, 0.3) is 0 Å². The molecule has 2 rings (SSSR count). The molecule has 3 nitrogen and oxygen atoms in total. The van der Waals surface area contributed by atoms with Crippen molar-refractivity contribution in [2.75, 3.05) is 32.9 Å². The quantitative estimate of drug-likeness (QED) is 0.844. The van der Waals surface area contributed by atoms with Crippen molar-refractivity contribution in [2.24, 2.45) is 0 Å². The van der Waals surface area contributed by atoms with Gasteiger partial charge in [0.2, 0.25) is 0 Å². The maximum Gasteiger partial charge on any atom is 0.0314 e. The maximum atomic E-state index is 5.73. The van der Waals surface area contributed by atoms with Gasteiger partial charge in [-0.25, -0.2) is 0 Å². The summed E-state index contributed by atoms with van der Waals surface area (Å²) in [5.74, 6) is 0. The van der Waals surface area contributed by atoms with Crippen molar-refractivity contribution in [3.05, 3.63) is 29.8 Å². The van der Waals surface area contributed by atoms with Crippen LogP contribution in [-0.4, -0.2) is 49.1 Å². The lowest BCUT2D eigenvalue weighted by molar-refractivity contribution is 0.113. The van der Waals surface area contributed by atoms with Crippen LogP contribution in [0.4, 0.5) is 5.69 Å². The van der Waals surface area contributed by atoms with Gasteiger partial charge in [-0.15, -0.1) is 0 Å². The number of nitrogens with two attached hydrogens (primary N) is 1. The summed E-state index contributed by atoms with van der Waals surface area (Å²) >= 11 is 0. The zero-order chi connectivity index (χ0) is 13.8. The summed E-state index contributed by atoms with van der Waals surface area (Å²) in [7, 11) is 4.49. The summed E-state index contributed by atoms with van der Waals surface area (Å²) in [6, 6.07) is 9.61.